The van der Waals surface area contributed by atoms with Crippen LogP contribution in [0.3, 0.4) is 0 Å². The first-order valence-corrected chi connectivity index (χ1v) is 6.29. The Hall–Kier alpha value is -0.550. The van der Waals surface area contributed by atoms with Crippen molar-refractivity contribution in [1.29, 1.82) is 0 Å². The number of aliphatic carboxylic acids is 2. The molecule has 0 aromatic heterocycles. The number of carbonyl (C=O) groups excluding carboxylic acids is 2. The summed E-state index contributed by atoms with van der Waals surface area (Å²) in [4.78, 5) is 43.7. The second-order valence-electron chi connectivity index (χ2n) is 3.90. The van der Waals surface area contributed by atoms with Crippen LogP contribution in [0.15, 0.2) is 0 Å². The van der Waals surface area contributed by atoms with Gasteiger partial charge in [0.1, 0.15) is 18.6 Å². The fraction of sp³-hybridized carbons (Fsp3) is 0.600. The van der Waals surface area contributed by atoms with E-state index in [1.165, 1.54) is 0 Å². The first kappa shape index (κ1) is 22.7. The number of carbonyl (C=O) groups is 4. The molecule has 0 aromatic carbocycles. The van der Waals surface area contributed by atoms with E-state index in [1.54, 1.807) is 0 Å². The molecule has 0 aliphatic heterocycles. The van der Waals surface area contributed by atoms with Crippen molar-refractivity contribution in [3.8, 4) is 0 Å². The van der Waals surface area contributed by atoms with Crippen LogP contribution in [0.2, 0.25) is 0 Å². The molecule has 0 bridgehead atoms. The molecule has 2 atom stereocenters. The van der Waals surface area contributed by atoms with Crippen LogP contribution in [0, 0.1) is 0 Å². The second kappa shape index (κ2) is 12.0. The molecule has 0 radical (unpaired) electrons. The van der Waals surface area contributed by atoms with Crippen LogP contribution in [0.1, 0.15) is 12.8 Å². The third kappa shape index (κ3) is 10.8. The van der Waals surface area contributed by atoms with E-state index in [1.807, 2.05) is 0 Å². The molecule has 118 valence electrons. The summed E-state index contributed by atoms with van der Waals surface area (Å²) in [5.74, 6) is -3.70. The van der Waals surface area contributed by atoms with E-state index in [0.717, 1.165) is 0 Å². The van der Waals surface area contributed by atoms with E-state index >= 15 is 0 Å². The molecule has 0 saturated carbocycles. The van der Waals surface area contributed by atoms with Crippen LogP contribution in [0.25, 0.3) is 0 Å². The maximum absolute atomic E-state index is 11.5. The van der Waals surface area contributed by atoms with Crippen LogP contribution in [-0.2, 0) is 19.2 Å². The van der Waals surface area contributed by atoms with Crippen molar-refractivity contribution in [1.82, 2.24) is 10.6 Å². The summed E-state index contributed by atoms with van der Waals surface area (Å²) in [6.07, 6.45) is -0.235. The van der Waals surface area contributed by atoms with E-state index in [9.17, 15) is 19.2 Å². The number of hydrogen-bond donors (Lipinski definition) is 6. The van der Waals surface area contributed by atoms with Gasteiger partial charge < -0.3 is 26.6 Å². The second-order valence-corrected chi connectivity index (χ2v) is 4.26. The Kier molecular flexibility index (Phi) is 13.0. The van der Waals surface area contributed by atoms with Crippen molar-refractivity contribution in [2.75, 3.05) is 12.3 Å². The minimum absolute atomic E-state index is 0. The zero-order chi connectivity index (χ0) is 15.7. The number of thiol groups is 1. The molecule has 0 aliphatic rings. The zero-order valence-corrected chi connectivity index (χ0v) is 11.4. The van der Waals surface area contributed by atoms with Crippen LogP contribution >= 0.6 is 12.6 Å². The number of rotatable bonds is 9. The predicted molar refractivity (Wildman–Crippen MR) is 79.8 cm³/mol. The Labute approximate surface area is 156 Å². The number of carboxylic acid groups (broad SMARTS) is 2. The molecular weight excluding hydrogens is 330 g/mol. The van der Waals surface area contributed by atoms with Crippen LogP contribution in [-0.4, -0.2) is 96.1 Å². The number of nitrogens with one attached hydrogen (secondary N) is 2. The van der Waals surface area contributed by atoms with Crippen molar-refractivity contribution < 1.29 is 29.4 Å². The summed E-state index contributed by atoms with van der Waals surface area (Å²) in [5.41, 5.74) is 5.23. The van der Waals surface area contributed by atoms with E-state index < -0.39 is 42.4 Å². The van der Waals surface area contributed by atoms with Gasteiger partial charge in [-0.2, -0.15) is 12.6 Å². The number of hydrogen-bond acceptors (Lipinski definition) is 6. The minimum atomic E-state index is -1.22. The fourth-order valence-corrected chi connectivity index (χ4v) is 1.41. The molecule has 0 heterocycles. The molecule has 9 nitrogen and oxygen atoms in total. The normalized spacial score (nSPS) is 12.5. The van der Waals surface area contributed by atoms with Crippen molar-refractivity contribution in [2.24, 2.45) is 5.73 Å². The Bertz CT molecular complexity index is 395. The Morgan fingerprint density at radius 2 is 1.76 bits per heavy atom. The summed E-state index contributed by atoms with van der Waals surface area (Å²) in [7, 11) is 0. The van der Waals surface area contributed by atoms with Crippen LogP contribution in [0.5, 0.6) is 0 Å². The van der Waals surface area contributed by atoms with E-state index in [4.69, 9.17) is 15.9 Å². The molecule has 21 heavy (non-hydrogen) atoms. The summed E-state index contributed by atoms with van der Waals surface area (Å²) in [6, 6.07) is -2.15. The van der Waals surface area contributed by atoms with Gasteiger partial charge in [-0.05, 0) is 6.42 Å². The fourth-order valence-electron chi connectivity index (χ4n) is 1.16. The molecule has 0 unspecified atom stereocenters. The average molecular weight is 349 g/mol. The molecule has 2 amide bonds. The summed E-state index contributed by atoms with van der Waals surface area (Å²) in [6.45, 7) is -0.567. The molecule has 0 saturated heterocycles. The molecule has 11 heteroatoms. The van der Waals surface area contributed by atoms with Gasteiger partial charge in [-0.15, -0.1) is 0 Å². The summed E-state index contributed by atoms with van der Waals surface area (Å²) >= 11 is 3.87. The predicted octanol–water partition coefficient (Wildman–Crippen LogP) is -3.12. The number of nitrogens with two attached hydrogens (primary N) is 1. The number of amides is 2. The molecule has 0 aliphatic carbocycles. The quantitative estimate of drug-likeness (QED) is 0.190. The van der Waals surface area contributed by atoms with Crippen molar-refractivity contribution in [3.63, 3.8) is 0 Å². The van der Waals surface area contributed by atoms with Gasteiger partial charge in [-0.1, -0.05) is 0 Å². The Morgan fingerprint density at radius 3 is 2.19 bits per heavy atom. The maximum atomic E-state index is 11.5. The topological polar surface area (TPSA) is 159 Å². The number of carboxylic acids is 2. The molecule has 0 rings (SSSR count). The van der Waals surface area contributed by atoms with E-state index in [2.05, 4.69) is 23.3 Å². The Morgan fingerprint density at radius 1 is 1.19 bits per heavy atom. The standard InChI is InChI=1S/C10H17N3O6S.Ca.2H/c11-5(10(18)19)1-2-7(14)13-6(4-20)9(17)12-3-8(15)16;;;/h5-6,20H,1-4,11H2,(H,12,17)(H,13,14)(H,15,16)(H,18,19);;;/t5-,6-;;;/m0.../s1. The van der Waals surface area contributed by atoms with Gasteiger partial charge in [0.05, 0.1) is 0 Å². The average Bonchev–Trinajstić information content (AvgIpc) is 2.38. The molecule has 0 spiro atoms. The Balaban J connectivity index is 0. The molecular formula is C10H19CaN3O6S. The van der Waals surface area contributed by atoms with Crippen LogP contribution in [0.4, 0.5) is 0 Å². The summed E-state index contributed by atoms with van der Waals surface area (Å²) in [5, 5.41) is 21.4. The first-order chi connectivity index (χ1) is 9.27. The van der Waals surface area contributed by atoms with Crippen LogP contribution < -0.4 is 16.4 Å². The third-order valence-electron chi connectivity index (χ3n) is 2.25. The van der Waals surface area contributed by atoms with Gasteiger partial charge in [-0.25, -0.2) is 0 Å². The molecule has 6 N–H and O–H groups in total. The van der Waals surface area contributed by atoms with Gasteiger partial charge in [0.15, 0.2) is 0 Å². The van der Waals surface area contributed by atoms with Crippen molar-refractivity contribution in [3.05, 3.63) is 0 Å². The van der Waals surface area contributed by atoms with E-state index in [-0.39, 0.29) is 56.3 Å². The first-order valence-electron chi connectivity index (χ1n) is 5.66. The third-order valence-corrected chi connectivity index (χ3v) is 2.61. The van der Waals surface area contributed by atoms with Gasteiger partial charge in [-0.3, -0.25) is 19.2 Å². The SMILES string of the molecule is N[C@@H](CCC(=O)N[C@@H](CS)C(=O)NCC(=O)O)C(=O)O.[CaH2]. The zero-order valence-electron chi connectivity index (χ0n) is 10.5. The van der Waals surface area contributed by atoms with Gasteiger partial charge in [0.25, 0.3) is 0 Å². The van der Waals surface area contributed by atoms with Crippen molar-refractivity contribution >= 4 is 74.1 Å². The van der Waals surface area contributed by atoms with E-state index in [0.29, 0.717) is 0 Å². The van der Waals surface area contributed by atoms with Gasteiger partial charge >= 0.3 is 49.7 Å². The summed E-state index contributed by atoms with van der Waals surface area (Å²) < 4.78 is 0. The van der Waals surface area contributed by atoms with Gasteiger partial charge in [0, 0.05) is 12.2 Å². The van der Waals surface area contributed by atoms with Crippen molar-refractivity contribution in [2.45, 2.75) is 24.9 Å². The molecule has 0 fully saturated rings. The van der Waals surface area contributed by atoms with Gasteiger partial charge in [0.2, 0.25) is 11.8 Å². The molecule has 0 aromatic rings. The monoisotopic (exact) mass is 349 g/mol.